The maximum absolute atomic E-state index is 12.8. The summed E-state index contributed by atoms with van der Waals surface area (Å²) in [5.41, 5.74) is 6.48. The SMILES string of the molecule is CCCN(CC(C)C(N)c1ccc(F)cn1)CC(F)(F)F. The van der Waals surface area contributed by atoms with Crippen LogP contribution in [0.5, 0.6) is 0 Å². The van der Waals surface area contributed by atoms with Crippen LogP contribution in [-0.2, 0) is 0 Å². The normalized spacial score (nSPS) is 15.2. The lowest BCUT2D eigenvalue weighted by Crippen LogP contribution is -2.40. The molecule has 2 unspecified atom stereocenters. The van der Waals surface area contributed by atoms with Gasteiger partial charge < -0.3 is 5.73 Å². The molecular formula is C14H21F4N3. The molecule has 0 aromatic carbocycles. The van der Waals surface area contributed by atoms with Crippen molar-refractivity contribution in [2.24, 2.45) is 11.7 Å². The Labute approximate surface area is 122 Å². The van der Waals surface area contributed by atoms with E-state index < -0.39 is 24.6 Å². The number of rotatable bonds is 7. The quantitative estimate of drug-likeness (QED) is 0.787. The molecule has 1 heterocycles. The highest BCUT2D eigenvalue weighted by atomic mass is 19.4. The molecular weight excluding hydrogens is 286 g/mol. The zero-order valence-electron chi connectivity index (χ0n) is 12.2. The van der Waals surface area contributed by atoms with Gasteiger partial charge in [-0.15, -0.1) is 0 Å². The molecule has 0 aliphatic carbocycles. The van der Waals surface area contributed by atoms with E-state index in [9.17, 15) is 17.6 Å². The van der Waals surface area contributed by atoms with E-state index in [4.69, 9.17) is 5.73 Å². The van der Waals surface area contributed by atoms with Gasteiger partial charge in [-0.1, -0.05) is 13.8 Å². The van der Waals surface area contributed by atoms with E-state index in [1.54, 1.807) is 6.92 Å². The summed E-state index contributed by atoms with van der Waals surface area (Å²) < 4.78 is 50.4. The van der Waals surface area contributed by atoms with E-state index in [2.05, 4.69) is 4.98 Å². The van der Waals surface area contributed by atoms with Crippen molar-refractivity contribution in [2.45, 2.75) is 32.5 Å². The monoisotopic (exact) mass is 307 g/mol. The fourth-order valence-corrected chi connectivity index (χ4v) is 2.20. The highest BCUT2D eigenvalue weighted by molar-refractivity contribution is 5.10. The summed E-state index contributed by atoms with van der Waals surface area (Å²) in [7, 11) is 0. The Morgan fingerprint density at radius 1 is 1.33 bits per heavy atom. The molecule has 0 aliphatic heterocycles. The zero-order valence-corrected chi connectivity index (χ0v) is 12.2. The number of pyridine rings is 1. The third-order valence-electron chi connectivity index (χ3n) is 3.19. The van der Waals surface area contributed by atoms with Gasteiger partial charge in [-0.3, -0.25) is 9.88 Å². The van der Waals surface area contributed by atoms with Crippen LogP contribution in [0.25, 0.3) is 0 Å². The lowest BCUT2D eigenvalue weighted by Gasteiger charge is -2.28. The van der Waals surface area contributed by atoms with E-state index in [-0.39, 0.29) is 12.5 Å². The average molecular weight is 307 g/mol. The number of hydrogen-bond donors (Lipinski definition) is 1. The van der Waals surface area contributed by atoms with Crippen LogP contribution in [0, 0.1) is 11.7 Å². The Balaban J connectivity index is 2.67. The van der Waals surface area contributed by atoms with Crippen LogP contribution in [-0.4, -0.2) is 35.7 Å². The van der Waals surface area contributed by atoms with E-state index in [0.29, 0.717) is 18.7 Å². The molecule has 7 heteroatoms. The van der Waals surface area contributed by atoms with Gasteiger partial charge >= 0.3 is 6.18 Å². The van der Waals surface area contributed by atoms with Crippen LogP contribution in [0.15, 0.2) is 18.3 Å². The molecule has 3 nitrogen and oxygen atoms in total. The summed E-state index contributed by atoms with van der Waals surface area (Å²) in [6, 6.07) is 2.18. The Morgan fingerprint density at radius 3 is 2.48 bits per heavy atom. The standard InChI is InChI=1S/C14H21F4N3/c1-3-6-21(9-14(16,17)18)8-10(2)13(19)12-5-4-11(15)7-20-12/h4-5,7,10,13H,3,6,8-9,19H2,1-2H3. The number of nitrogens with zero attached hydrogens (tertiary/aromatic N) is 2. The number of nitrogens with two attached hydrogens (primary N) is 1. The largest absolute Gasteiger partial charge is 0.401 e. The second-order valence-electron chi connectivity index (χ2n) is 5.25. The fraction of sp³-hybridized carbons (Fsp3) is 0.643. The van der Waals surface area contributed by atoms with Crippen LogP contribution in [0.3, 0.4) is 0 Å². The third-order valence-corrected chi connectivity index (χ3v) is 3.19. The van der Waals surface area contributed by atoms with Crippen molar-refractivity contribution in [3.8, 4) is 0 Å². The van der Waals surface area contributed by atoms with Crippen LogP contribution < -0.4 is 5.73 Å². The maximum Gasteiger partial charge on any atom is 0.401 e. The lowest BCUT2D eigenvalue weighted by atomic mass is 9.98. The summed E-state index contributed by atoms with van der Waals surface area (Å²) in [6.45, 7) is 3.22. The Kier molecular flexibility index (Phi) is 6.54. The van der Waals surface area contributed by atoms with Crippen molar-refractivity contribution in [2.75, 3.05) is 19.6 Å². The molecule has 0 aliphatic rings. The minimum absolute atomic E-state index is 0.216. The minimum atomic E-state index is -4.23. The zero-order chi connectivity index (χ0) is 16.0. The fourth-order valence-electron chi connectivity index (χ4n) is 2.20. The van der Waals surface area contributed by atoms with Crippen molar-refractivity contribution in [1.29, 1.82) is 0 Å². The number of alkyl halides is 3. The van der Waals surface area contributed by atoms with Crippen molar-refractivity contribution in [1.82, 2.24) is 9.88 Å². The molecule has 0 spiro atoms. The molecule has 1 aromatic heterocycles. The molecule has 2 atom stereocenters. The van der Waals surface area contributed by atoms with Gasteiger partial charge in [-0.2, -0.15) is 13.2 Å². The van der Waals surface area contributed by atoms with Gasteiger partial charge in [0.1, 0.15) is 5.82 Å². The van der Waals surface area contributed by atoms with Crippen molar-refractivity contribution >= 4 is 0 Å². The first-order valence-corrected chi connectivity index (χ1v) is 6.89. The summed E-state index contributed by atoms with van der Waals surface area (Å²) in [4.78, 5) is 5.23. The molecule has 0 amide bonds. The van der Waals surface area contributed by atoms with Gasteiger partial charge in [0, 0.05) is 6.54 Å². The summed E-state index contributed by atoms with van der Waals surface area (Å²) in [6.07, 6.45) is -2.54. The number of hydrogen-bond acceptors (Lipinski definition) is 3. The molecule has 120 valence electrons. The second-order valence-corrected chi connectivity index (χ2v) is 5.25. The smallest absolute Gasteiger partial charge is 0.322 e. The number of halogens is 4. The molecule has 0 bridgehead atoms. The van der Waals surface area contributed by atoms with Gasteiger partial charge in [-0.05, 0) is 31.0 Å². The number of aromatic nitrogens is 1. The first-order valence-electron chi connectivity index (χ1n) is 6.89. The van der Waals surface area contributed by atoms with Gasteiger partial charge in [0.25, 0.3) is 0 Å². The highest BCUT2D eigenvalue weighted by Crippen LogP contribution is 2.22. The minimum Gasteiger partial charge on any atom is -0.322 e. The Hall–Kier alpha value is -1.21. The summed E-state index contributed by atoms with van der Waals surface area (Å²) in [5.74, 6) is -0.694. The van der Waals surface area contributed by atoms with Crippen molar-refractivity contribution < 1.29 is 17.6 Å². The molecule has 0 fully saturated rings. The van der Waals surface area contributed by atoms with E-state index in [1.807, 2.05) is 6.92 Å². The maximum atomic E-state index is 12.8. The van der Waals surface area contributed by atoms with Crippen LogP contribution >= 0.6 is 0 Å². The van der Waals surface area contributed by atoms with Gasteiger partial charge in [0.2, 0.25) is 0 Å². The van der Waals surface area contributed by atoms with E-state index in [0.717, 1.165) is 6.20 Å². The lowest BCUT2D eigenvalue weighted by molar-refractivity contribution is -0.147. The molecule has 0 saturated carbocycles. The van der Waals surface area contributed by atoms with Crippen molar-refractivity contribution in [3.05, 3.63) is 29.8 Å². The topological polar surface area (TPSA) is 42.1 Å². The molecule has 2 N–H and O–H groups in total. The molecule has 0 saturated heterocycles. The molecule has 1 aromatic rings. The molecule has 0 radical (unpaired) electrons. The van der Waals surface area contributed by atoms with Gasteiger partial charge in [-0.25, -0.2) is 4.39 Å². The summed E-state index contributed by atoms with van der Waals surface area (Å²) >= 11 is 0. The first-order chi connectivity index (χ1) is 9.73. The summed E-state index contributed by atoms with van der Waals surface area (Å²) in [5, 5.41) is 0. The van der Waals surface area contributed by atoms with Gasteiger partial charge in [0.05, 0.1) is 24.5 Å². The van der Waals surface area contributed by atoms with E-state index in [1.165, 1.54) is 17.0 Å². The highest BCUT2D eigenvalue weighted by Gasteiger charge is 2.31. The molecule has 1 rings (SSSR count). The van der Waals surface area contributed by atoms with Crippen LogP contribution in [0.1, 0.15) is 32.0 Å². The Morgan fingerprint density at radius 2 is 2.00 bits per heavy atom. The van der Waals surface area contributed by atoms with Crippen LogP contribution in [0.4, 0.5) is 17.6 Å². The van der Waals surface area contributed by atoms with Gasteiger partial charge in [0.15, 0.2) is 0 Å². The predicted molar refractivity (Wildman–Crippen MR) is 73.1 cm³/mol. The van der Waals surface area contributed by atoms with Crippen molar-refractivity contribution in [3.63, 3.8) is 0 Å². The first kappa shape index (κ1) is 17.8. The average Bonchev–Trinajstić information content (AvgIpc) is 2.37. The second kappa shape index (κ2) is 7.70. The van der Waals surface area contributed by atoms with E-state index >= 15 is 0 Å². The predicted octanol–water partition coefficient (Wildman–Crippen LogP) is 3.13. The Bertz CT molecular complexity index is 419. The molecule has 21 heavy (non-hydrogen) atoms. The van der Waals surface area contributed by atoms with Crippen LogP contribution in [0.2, 0.25) is 0 Å². The third kappa shape index (κ3) is 6.39.